The summed E-state index contributed by atoms with van der Waals surface area (Å²) in [6.07, 6.45) is 1.70. The van der Waals surface area contributed by atoms with Gasteiger partial charge in [0.25, 0.3) is 0 Å². The first-order valence-electron chi connectivity index (χ1n) is 6.07. The van der Waals surface area contributed by atoms with Crippen LogP contribution in [-0.2, 0) is 6.54 Å². The molecular formula is C15H14N2OS. The van der Waals surface area contributed by atoms with Crippen molar-refractivity contribution in [2.45, 2.75) is 13.5 Å². The minimum atomic E-state index is 0.564. The van der Waals surface area contributed by atoms with Crippen molar-refractivity contribution >= 4 is 11.3 Å². The summed E-state index contributed by atoms with van der Waals surface area (Å²) >= 11 is 1.60. The molecule has 0 fully saturated rings. The lowest BCUT2D eigenvalue weighted by atomic mass is 10.1. The normalized spacial score (nSPS) is 10.8. The highest BCUT2D eigenvalue weighted by Crippen LogP contribution is 2.31. The molecule has 0 amide bonds. The van der Waals surface area contributed by atoms with Gasteiger partial charge in [-0.15, -0.1) is 11.3 Å². The number of rotatable bonds is 3. The largest absolute Gasteiger partial charge is 0.462 e. The molecule has 0 aliphatic heterocycles. The van der Waals surface area contributed by atoms with E-state index >= 15 is 0 Å². The van der Waals surface area contributed by atoms with Gasteiger partial charge in [0, 0.05) is 17.5 Å². The molecule has 4 heteroatoms. The second-order valence-corrected chi connectivity index (χ2v) is 5.23. The van der Waals surface area contributed by atoms with E-state index in [4.69, 9.17) is 10.2 Å². The van der Waals surface area contributed by atoms with E-state index in [2.05, 4.69) is 22.5 Å². The average molecular weight is 270 g/mol. The summed E-state index contributed by atoms with van der Waals surface area (Å²) in [6.45, 7) is 2.59. The number of benzene rings is 1. The van der Waals surface area contributed by atoms with Crippen LogP contribution in [0, 0.1) is 6.92 Å². The van der Waals surface area contributed by atoms with Crippen LogP contribution in [0.4, 0.5) is 0 Å². The van der Waals surface area contributed by atoms with E-state index in [0.717, 1.165) is 33.2 Å². The van der Waals surface area contributed by atoms with Crippen molar-refractivity contribution in [1.29, 1.82) is 0 Å². The summed E-state index contributed by atoms with van der Waals surface area (Å²) in [5.74, 6) is 0.856. The fraction of sp³-hybridized carbons (Fsp3) is 0.133. The Morgan fingerprint density at radius 2 is 2.00 bits per heavy atom. The monoisotopic (exact) mass is 270 g/mol. The summed E-state index contributed by atoms with van der Waals surface area (Å²) in [4.78, 5) is 4.63. The third-order valence-electron chi connectivity index (χ3n) is 3.05. The van der Waals surface area contributed by atoms with E-state index in [0.29, 0.717) is 6.54 Å². The smallest absolute Gasteiger partial charge is 0.165 e. The van der Waals surface area contributed by atoms with Gasteiger partial charge in [-0.05, 0) is 24.1 Å². The van der Waals surface area contributed by atoms with Gasteiger partial charge in [0.05, 0.1) is 12.0 Å². The number of furan rings is 1. The second-order valence-electron chi connectivity index (χ2n) is 4.37. The molecular weight excluding hydrogens is 256 g/mol. The van der Waals surface area contributed by atoms with Gasteiger partial charge >= 0.3 is 0 Å². The summed E-state index contributed by atoms with van der Waals surface area (Å²) < 4.78 is 5.47. The Balaban J connectivity index is 1.94. The van der Waals surface area contributed by atoms with Gasteiger partial charge in [-0.1, -0.05) is 24.3 Å². The summed E-state index contributed by atoms with van der Waals surface area (Å²) in [7, 11) is 0. The van der Waals surface area contributed by atoms with Gasteiger partial charge in [-0.2, -0.15) is 0 Å². The molecule has 2 heterocycles. The fourth-order valence-electron chi connectivity index (χ4n) is 1.91. The zero-order valence-corrected chi connectivity index (χ0v) is 11.4. The minimum Gasteiger partial charge on any atom is -0.462 e. The van der Waals surface area contributed by atoms with Crippen LogP contribution in [0.2, 0.25) is 0 Å². The van der Waals surface area contributed by atoms with Gasteiger partial charge in [0.2, 0.25) is 0 Å². The van der Waals surface area contributed by atoms with Gasteiger partial charge in [0.15, 0.2) is 10.8 Å². The van der Waals surface area contributed by atoms with Gasteiger partial charge in [-0.3, -0.25) is 0 Å². The van der Waals surface area contributed by atoms with Crippen LogP contribution in [0.5, 0.6) is 0 Å². The summed E-state index contributed by atoms with van der Waals surface area (Å²) in [6, 6.07) is 10.1. The second kappa shape index (κ2) is 4.99. The Morgan fingerprint density at radius 3 is 2.63 bits per heavy atom. The van der Waals surface area contributed by atoms with Crippen molar-refractivity contribution in [2.75, 3.05) is 0 Å². The minimum absolute atomic E-state index is 0.564. The number of hydrogen-bond donors (Lipinski definition) is 1. The highest BCUT2D eigenvalue weighted by atomic mass is 32.1. The van der Waals surface area contributed by atoms with E-state index in [1.807, 2.05) is 25.1 Å². The first-order valence-corrected chi connectivity index (χ1v) is 6.95. The molecule has 0 aliphatic carbocycles. The summed E-state index contributed by atoms with van der Waals surface area (Å²) in [5.41, 5.74) is 9.91. The van der Waals surface area contributed by atoms with E-state index < -0.39 is 0 Å². The highest BCUT2D eigenvalue weighted by Gasteiger charge is 2.11. The molecule has 0 saturated heterocycles. The number of nitrogens with two attached hydrogens (primary N) is 1. The lowest BCUT2D eigenvalue weighted by Gasteiger charge is -1.99. The van der Waals surface area contributed by atoms with Crippen LogP contribution < -0.4 is 5.73 Å². The van der Waals surface area contributed by atoms with Gasteiger partial charge < -0.3 is 10.2 Å². The van der Waals surface area contributed by atoms with Crippen molar-refractivity contribution in [3.8, 4) is 22.0 Å². The zero-order chi connectivity index (χ0) is 13.2. The van der Waals surface area contributed by atoms with Crippen molar-refractivity contribution < 1.29 is 4.42 Å². The number of thiazole rings is 1. The fourth-order valence-corrected chi connectivity index (χ4v) is 2.79. The molecule has 96 valence electrons. The molecule has 1 aromatic carbocycles. The van der Waals surface area contributed by atoms with Crippen molar-refractivity contribution in [3.63, 3.8) is 0 Å². The molecule has 3 nitrogen and oxygen atoms in total. The Kier molecular flexibility index (Phi) is 3.19. The third kappa shape index (κ3) is 2.32. The molecule has 0 atom stereocenters. The Bertz CT molecular complexity index is 682. The van der Waals surface area contributed by atoms with E-state index in [1.54, 1.807) is 17.6 Å². The molecule has 3 rings (SSSR count). The first-order chi connectivity index (χ1) is 9.28. The number of hydrogen-bond acceptors (Lipinski definition) is 4. The predicted octanol–water partition coefficient (Wildman–Crippen LogP) is 3.84. The number of aromatic nitrogens is 1. The van der Waals surface area contributed by atoms with Crippen molar-refractivity contribution in [3.05, 3.63) is 53.1 Å². The van der Waals surface area contributed by atoms with Crippen LogP contribution in [0.15, 0.2) is 46.4 Å². The lowest BCUT2D eigenvalue weighted by Crippen LogP contribution is -1.95. The molecule has 0 spiro atoms. The molecule has 0 aliphatic rings. The topological polar surface area (TPSA) is 52.0 Å². The SMILES string of the molecule is Cc1ccoc1-c1nc(-c2ccc(CN)cc2)cs1. The number of nitrogens with zero attached hydrogens (tertiary/aromatic N) is 1. The predicted molar refractivity (Wildman–Crippen MR) is 77.9 cm³/mol. The Hall–Kier alpha value is -1.91. The van der Waals surface area contributed by atoms with E-state index in [9.17, 15) is 0 Å². The van der Waals surface area contributed by atoms with Crippen LogP contribution >= 0.6 is 11.3 Å². The Morgan fingerprint density at radius 1 is 1.21 bits per heavy atom. The van der Waals surface area contributed by atoms with E-state index in [-0.39, 0.29) is 0 Å². The van der Waals surface area contributed by atoms with E-state index in [1.165, 1.54) is 0 Å². The zero-order valence-electron chi connectivity index (χ0n) is 10.6. The standard InChI is InChI=1S/C15H14N2OS/c1-10-6-7-18-14(10)15-17-13(9-19-15)12-4-2-11(8-16)3-5-12/h2-7,9H,8,16H2,1H3. The maximum atomic E-state index is 5.60. The van der Waals surface area contributed by atoms with Crippen LogP contribution in [0.3, 0.4) is 0 Å². The average Bonchev–Trinajstić information content (AvgIpc) is 3.07. The van der Waals surface area contributed by atoms with Crippen LogP contribution in [0.25, 0.3) is 22.0 Å². The van der Waals surface area contributed by atoms with Crippen LogP contribution in [0.1, 0.15) is 11.1 Å². The molecule has 0 unspecified atom stereocenters. The summed E-state index contributed by atoms with van der Waals surface area (Å²) in [5, 5.41) is 2.97. The molecule has 0 saturated carbocycles. The molecule has 2 aromatic heterocycles. The molecule has 2 N–H and O–H groups in total. The van der Waals surface area contributed by atoms with Crippen LogP contribution in [-0.4, -0.2) is 4.98 Å². The molecule has 0 radical (unpaired) electrons. The molecule has 19 heavy (non-hydrogen) atoms. The van der Waals surface area contributed by atoms with Crippen molar-refractivity contribution in [1.82, 2.24) is 4.98 Å². The highest BCUT2D eigenvalue weighted by molar-refractivity contribution is 7.13. The third-order valence-corrected chi connectivity index (χ3v) is 3.89. The lowest BCUT2D eigenvalue weighted by molar-refractivity contribution is 0.580. The van der Waals surface area contributed by atoms with Gasteiger partial charge in [0.1, 0.15) is 0 Å². The molecule has 0 bridgehead atoms. The first kappa shape index (κ1) is 12.1. The maximum Gasteiger partial charge on any atom is 0.165 e. The van der Waals surface area contributed by atoms with Crippen molar-refractivity contribution in [2.24, 2.45) is 5.73 Å². The quantitative estimate of drug-likeness (QED) is 0.786. The van der Waals surface area contributed by atoms with Gasteiger partial charge in [-0.25, -0.2) is 4.98 Å². The molecule has 3 aromatic rings. The Labute approximate surface area is 115 Å². The number of aryl methyl sites for hydroxylation is 1. The maximum absolute atomic E-state index is 5.60.